The smallest absolute Gasteiger partial charge is 0.00643 e. The van der Waals surface area contributed by atoms with E-state index in [1.807, 2.05) is 0 Å². The topological polar surface area (TPSA) is 0 Å². The molecule has 17 heavy (non-hydrogen) atoms. The zero-order valence-electron chi connectivity index (χ0n) is 11.8. The van der Waals surface area contributed by atoms with Crippen LogP contribution in [0.15, 0.2) is 35.4 Å². The summed E-state index contributed by atoms with van der Waals surface area (Å²) < 4.78 is 0. The molecular formula is C17H26. The van der Waals surface area contributed by atoms with Crippen molar-refractivity contribution in [3.8, 4) is 0 Å². The maximum atomic E-state index is 2.24. The van der Waals surface area contributed by atoms with Gasteiger partial charge in [0.2, 0.25) is 0 Å². The molecule has 2 rings (SSSR count). The summed E-state index contributed by atoms with van der Waals surface area (Å²) in [7, 11) is 0. The highest BCUT2D eigenvalue weighted by atomic mass is 14.2. The van der Waals surface area contributed by atoms with Gasteiger partial charge in [0.05, 0.1) is 0 Å². The average molecular weight is 230 g/mol. The largest absolute Gasteiger partial charge is 0.0697 e. The number of allylic oxidation sites excluding steroid dienone is 2. The Morgan fingerprint density at radius 1 is 0.824 bits per heavy atom. The minimum Gasteiger partial charge on any atom is -0.0697 e. The molecule has 0 fully saturated rings. The zero-order chi connectivity index (χ0) is 12.7. The van der Waals surface area contributed by atoms with Gasteiger partial charge in [0.1, 0.15) is 0 Å². The minimum absolute atomic E-state index is 1.15. The summed E-state index contributed by atoms with van der Waals surface area (Å²) in [6.45, 7) is 8.91. The van der Waals surface area contributed by atoms with Gasteiger partial charge in [-0.1, -0.05) is 68.5 Å². The van der Waals surface area contributed by atoms with Crippen molar-refractivity contribution in [3.05, 3.63) is 46.5 Å². The summed E-state index contributed by atoms with van der Waals surface area (Å²) in [5.74, 6) is 0. The highest BCUT2D eigenvalue weighted by Crippen LogP contribution is 2.24. The van der Waals surface area contributed by atoms with Crippen LogP contribution in [-0.2, 0) is 12.8 Å². The van der Waals surface area contributed by atoms with E-state index in [0.29, 0.717) is 0 Å². The molecule has 0 aromatic heterocycles. The van der Waals surface area contributed by atoms with Crippen molar-refractivity contribution >= 4 is 0 Å². The quantitative estimate of drug-likeness (QED) is 0.603. The van der Waals surface area contributed by atoms with Crippen LogP contribution in [0.4, 0.5) is 0 Å². The number of hydrogen-bond acceptors (Lipinski definition) is 0. The first-order valence-corrected chi connectivity index (χ1v) is 6.91. The van der Waals surface area contributed by atoms with Gasteiger partial charge in [-0.15, -0.1) is 0 Å². The van der Waals surface area contributed by atoms with Crippen molar-refractivity contribution < 1.29 is 0 Å². The van der Waals surface area contributed by atoms with Gasteiger partial charge < -0.3 is 0 Å². The molecule has 0 heterocycles. The van der Waals surface area contributed by atoms with E-state index in [2.05, 4.69) is 52.0 Å². The highest BCUT2D eigenvalue weighted by Gasteiger charge is 2.10. The van der Waals surface area contributed by atoms with Gasteiger partial charge in [-0.05, 0) is 37.8 Å². The normalized spacial score (nSPS) is 13.9. The molecule has 0 aliphatic heterocycles. The summed E-state index contributed by atoms with van der Waals surface area (Å²) in [5.41, 5.74) is 6.13. The molecular weight excluding hydrogens is 204 g/mol. The third-order valence-electron chi connectivity index (χ3n) is 3.47. The molecule has 1 aliphatic carbocycles. The molecule has 0 radical (unpaired) electrons. The summed E-state index contributed by atoms with van der Waals surface area (Å²) >= 11 is 0. The highest BCUT2D eigenvalue weighted by molar-refractivity contribution is 5.39. The first-order valence-electron chi connectivity index (χ1n) is 6.91. The second kappa shape index (κ2) is 7.32. The maximum absolute atomic E-state index is 2.24. The standard InChI is InChI=1S/C12H14.C5H12/c1-9-7-11-5-3-4-6-12(11)8-10(9)2;1-3-5-4-2/h3-6H,7-8H2,1-2H3;3-5H2,1-2H3. The number of benzene rings is 1. The summed E-state index contributed by atoms with van der Waals surface area (Å²) in [4.78, 5) is 0. The van der Waals surface area contributed by atoms with Gasteiger partial charge in [-0.3, -0.25) is 0 Å². The van der Waals surface area contributed by atoms with E-state index in [0.717, 1.165) is 12.8 Å². The molecule has 0 amide bonds. The van der Waals surface area contributed by atoms with Gasteiger partial charge in [0, 0.05) is 0 Å². The summed E-state index contributed by atoms with van der Waals surface area (Å²) in [6.07, 6.45) is 6.39. The monoisotopic (exact) mass is 230 g/mol. The molecule has 0 heteroatoms. The van der Waals surface area contributed by atoms with Crippen molar-refractivity contribution in [1.29, 1.82) is 0 Å². The lowest BCUT2D eigenvalue weighted by atomic mass is 9.88. The van der Waals surface area contributed by atoms with Gasteiger partial charge >= 0.3 is 0 Å². The fourth-order valence-electron chi connectivity index (χ4n) is 2.13. The van der Waals surface area contributed by atoms with E-state index < -0.39 is 0 Å². The summed E-state index contributed by atoms with van der Waals surface area (Å²) in [6, 6.07) is 8.75. The van der Waals surface area contributed by atoms with E-state index in [-0.39, 0.29) is 0 Å². The van der Waals surface area contributed by atoms with Crippen LogP contribution in [0.1, 0.15) is 58.1 Å². The lowest BCUT2D eigenvalue weighted by Gasteiger charge is -2.18. The predicted molar refractivity (Wildman–Crippen MR) is 77.4 cm³/mol. The Bertz CT molecular complexity index is 336. The van der Waals surface area contributed by atoms with Crippen LogP contribution in [0.2, 0.25) is 0 Å². The average Bonchev–Trinajstić information content (AvgIpc) is 2.32. The summed E-state index contributed by atoms with van der Waals surface area (Å²) in [5, 5.41) is 0. The van der Waals surface area contributed by atoms with Crippen LogP contribution < -0.4 is 0 Å². The Hall–Kier alpha value is -1.04. The van der Waals surface area contributed by atoms with E-state index in [1.54, 1.807) is 11.1 Å². The van der Waals surface area contributed by atoms with E-state index in [1.165, 1.54) is 30.4 Å². The van der Waals surface area contributed by atoms with Crippen molar-refractivity contribution in [2.24, 2.45) is 0 Å². The lowest BCUT2D eigenvalue weighted by molar-refractivity contribution is 0.772. The van der Waals surface area contributed by atoms with E-state index >= 15 is 0 Å². The van der Waals surface area contributed by atoms with Crippen LogP contribution >= 0.6 is 0 Å². The molecule has 0 atom stereocenters. The number of hydrogen-bond donors (Lipinski definition) is 0. The Morgan fingerprint density at radius 2 is 1.24 bits per heavy atom. The first-order chi connectivity index (χ1) is 8.19. The number of unbranched alkanes of at least 4 members (excludes halogenated alkanes) is 2. The first kappa shape index (κ1) is 14.0. The van der Waals surface area contributed by atoms with Crippen molar-refractivity contribution in [3.63, 3.8) is 0 Å². The number of fused-ring (bicyclic) bond motifs is 1. The molecule has 1 aliphatic rings. The minimum atomic E-state index is 1.15. The Kier molecular flexibility index (Phi) is 6.04. The van der Waals surface area contributed by atoms with E-state index in [9.17, 15) is 0 Å². The molecule has 0 spiro atoms. The van der Waals surface area contributed by atoms with Gasteiger partial charge in [0.15, 0.2) is 0 Å². The molecule has 0 unspecified atom stereocenters. The molecule has 1 aromatic carbocycles. The van der Waals surface area contributed by atoms with Crippen LogP contribution in [0.25, 0.3) is 0 Å². The Labute approximate surface area is 107 Å². The third-order valence-corrected chi connectivity index (χ3v) is 3.47. The van der Waals surface area contributed by atoms with Crippen LogP contribution in [-0.4, -0.2) is 0 Å². The van der Waals surface area contributed by atoms with Gasteiger partial charge in [-0.2, -0.15) is 0 Å². The molecule has 1 aromatic rings. The Morgan fingerprint density at radius 3 is 1.53 bits per heavy atom. The van der Waals surface area contributed by atoms with Gasteiger partial charge in [-0.25, -0.2) is 0 Å². The zero-order valence-corrected chi connectivity index (χ0v) is 11.8. The van der Waals surface area contributed by atoms with Crippen molar-refractivity contribution in [2.45, 2.75) is 59.8 Å². The molecule has 94 valence electrons. The van der Waals surface area contributed by atoms with E-state index in [4.69, 9.17) is 0 Å². The lowest BCUT2D eigenvalue weighted by Crippen LogP contribution is -2.04. The fraction of sp³-hybridized carbons (Fsp3) is 0.529. The SMILES string of the molecule is CC1=C(C)Cc2ccccc2C1.CCCCC. The number of rotatable bonds is 2. The maximum Gasteiger partial charge on any atom is -0.00643 e. The van der Waals surface area contributed by atoms with Crippen LogP contribution in [0.5, 0.6) is 0 Å². The Balaban J connectivity index is 0.000000249. The molecule has 0 saturated carbocycles. The predicted octanol–water partition coefficient (Wildman–Crippen LogP) is 5.32. The molecule has 0 N–H and O–H groups in total. The molecule has 0 bridgehead atoms. The second-order valence-corrected chi connectivity index (χ2v) is 5.04. The fourth-order valence-corrected chi connectivity index (χ4v) is 2.13. The van der Waals surface area contributed by atoms with Crippen LogP contribution in [0, 0.1) is 0 Å². The molecule has 0 nitrogen and oxygen atoms in total. The van der Waals surface area contributed by atoms with Crippen molar-refractivity contribution in [1.82, 2.24) is 0 Å². The van der Waals surface area contributed by atoms with Gasteiger partial charge in [0.25, 0.3) is 0 Å². The van der Waals surface area contributed by atoms with Crippen LogP contribution in [0.3, 0.4) is 0 Å². The molecule has 0 saturated heterocycles. The third kappa shape index (κ3) is 4.38. The van der Waals surface area contributed by atoms with Crippen molar-refractivity contribution in [2.75, 3.05) is 0 Å². The second-order valence-electron chi connectivity index (χ2n) is 5.04.